The molecule has 0 aliphatic carbocycles. The van der Waals surface area contributed by atoms with Crippen molar-refractivity contribution in [3.05, 3.63) is 155 Å². The van der Waals surface area contributed by atoms with E-state index in [9.17, 15) is 30.8 Å². The van der Waals surface area contributed by atoms with Gasteiger partial charge in [0.25, 0.3) is 20.0 Å². The molecule has 0 saturated heterocycles. The molecule has 2 heterocycles. The average molecular weight is 1040 g/mol. The summed E-state index contributed by atoms with van der Waals surface area (Å²) in [5.74, 6) is 0.325. The Labute approximate surface area is 420 Å². The number of aromatic amines is 1. The SMILES string of the molecule is CCOC(=O)C=C(C)C.COc1ccc(CN(Cc2ccc(OC)cc2)S(=O)(=O)c2[nH]ncc2F)cc1.COc1ccc(CN(Cc2ccc(OC)cc2)S(=O)(=O)c2nn(C(C)(C)CC(C)=O)cc2F)cc1. The number of nitrogens with zero attached hydrogens (tertiary/aromatic N) is 5. The van der Waals surface area contributed by atoms with E-state index < -0.39 is 47.3 Å². The number of benzene rings is 4. The highest BCUT2D eigenvalue weighted by molar-refractivity contribution is 7.89. The maximum absolute atomic E-state index is 15.0. The number of esters is 1. The minimum atomic E-state index is -4.35. The summed E-state index contributed by atoms with van der Waals surface area (Å²) in [6.45, 7) is 10.8. The van der Waals surface area contributed by atoms with Crippen LogP contribution in [-0.2, 0) is 66.1 Å². The molecule has 0 bridgehead atoms. The molecule has 72 heavy (non-hydrogen) atoms. The lowest BCUT2D eigenvalue weighted by Crippen LogP contribution is -2.32. The van der Waals surface area contributed by atoms with E-state index >= 15 is 4.39 Å². The third-order valence-corrected chi connectivity index (χ3v) is 13.9. The predicted molar refractivity (Wildman–Crippen MR) is 266 cm³/mol. The highest BCUT2D eigenvalue weighted by Crippen LogP contribution is 2.28. The smallest absolute Gasteiger partial charge is 0.330 e. The maximum atomic E-state index is 15.0. The van der Waals surface area contributed by atoms with Gasteiger partial charge in [0.05, 0.1) is 53.0 Å². The molecule has 2 aromatic heterocycles. The highest BCUT2D eigenvalue weighted by Gasteiger charge is 2.35. The Morgan fingerprint density at radius 1 is 0.639 bits per heavy atom. The van der Waals surface area contributed by atoms with Crippen LogP contribution in [0.15, 0.2) is 131 Å². The van der Waals surface area contributed by atoms with Crippen molar-refractivity contribution in [3.8, 4) is 23.0 Å². The van der Waals surface area contributed by atoms with E-state index in [1.165, 1.54) is 26.3 Å². The molecule has 0 amide bonds. The quantitative estimate of drug-likeness (QED) is 0.0531. The lowest BCUT2D eigenvalue weighted by atomic mass is 9.99. The molecule has 6 aromatic rings. The summed E-state index contributed by atoms with van der Waals surface area (Å²) >= 11 is 0. The van der Waals surface area contributed by atoms with Crippen molar-refractivity contribution >= 4 is 31.8 Å². The van der Waals surface area contributed by atoms with Gasteiger partial charge in [-0.05, 0) is 112 Å². The Hall–Kier alpha value is -6.94. The van der Waals surface area contributed by atoms with Gasteiger partial charge in [-0.25, -0.2) is 30.4 Å². The van der Waals surface area contributed by atoms with Crippen molar-refractivity contribution < 1.29 is 58.9 Å². The van der Waals surface area contributed by atoms with Crippen LogP contribution in [0, 0.1) is 11.6 Å². The minimum absolute atomic E-state index is 0.0124. The third-order valence-electron chi connectivity index (χ3n) is 10.4. The number of halogens is 2. The molecule has 0 aliphatic heterocycles. The van der Waals surface area contributed by atoms with Gasteiger partial charge in [0.1, 0.15) is 28.8 Å². The first-order valence-corrected chi connectivity index (χ1v) is 25.2. The number of nitrogens with one attached hydrogen (secondary N) is 1. The zero-order chi connectivity index (χ0) is 53.2. The van der Waals surface area contributed by atoms with E-state index in [0.29, 0.717) is 40.7 Å². The summed E-state index contributed by atoms with van der Waals surface area (Å²) in [4.78, 5) is 22.2. The van der Waals surface area contributed by atoms with Crippen LogP contribution >= 0.6 is 0 Å². The number of carbonyl (C=O) groups excluding carboxylic acids is 2. The molecule has 0 spiro atoms. The second-order valence-corrected chi connectivity index (χ2v) is 20.6. The number of carbonyl (C=O) groups is 2. The Morgan fingerprint density at radius 3 is 1.32 bits per heavy atom. The number of methoxy groups -OCH3 is 4. The number of aromatic nitrogens is 4. The fourth-order valence-corrected chi connectivity index (χ4v) is 9.55. The zero-order valence-electron chi connectivity index (χ0n) is 42.0. The van der Waals surface area contributed by atoms with E-state index in [4.69, 9.17) is 18.9 Å². The number of rotatable bonds is 21. The monoisotopic (exact) mass is 1040 g/mol. The summed E-state index contributed by atoms with van der Waals surface area (Å²) in [5, 5.41) is 8.57. The molecule has 0 radical (unpaired) electrons. The first-order valence-electron chi connectivity index (χ1n) is 22.3. The van der Waals surface area contributed by atoms with Crippen molar-refractivity contribution in [3.63, 3.8) is 0 Å². The molecule has 0 aliphatic rings. The van der Waals surface area contributed by atoms with Crippen molar-refractivity contribution in [2.45, 2.75) is 89.7 Å². The number of hydrogen-bond acceptors (Lipinski definition) is 13. The van der Waals surface area contributed by atoms with E-state index in [1.54, 1.807) is 146 Å². The molecule has 1 N–H and O–H groups in total. The standard InChI is InChI=1S/C25H30FN3O5S.C19H20FN3O4S.C7H12O2/c1-18(30)14-25(2,3)29-17-23(26)24(27-29)35(31,32)28(15-19-6-10-21(33-4)11-7-19)16-20-8-12-22(34-5)13-9-20;1-26-16-7-3-14(4-8-16)12-23(13-15-5-9-17(27-2)10-6-15)28(24,25)19-18(20)11-21-22-19;1-4-9-7(8)5-6(2)3/h6-13,17H,14-16H2,1-5H3;3-11H,12-13H2,1-2H3,(H,21,22);5H,4H2,1-3H3. The topological polar surface area (TPSA) is 202 Å². The van der Waals surface area contributed by atoms with Crippen molar-refractivity contribution in [1.82, 2.24) is 28.6 Å². The fraction of sp³-hybridized carbons (Fsp3) is 0.333. The van der Waals surface area contributed by atoms with Crippen LogP contribution < -0.4 is 18.9 Å². The molecule has 0 saturated carbocycles. The van der Waals surface area contributed by atoms with Crippen LogP contribution in [0.4, 0.5) is 8.78 Å². The molecular weight excluding hydrogens is 975 g/mol. The van der Waals surface area contributed by atoms with Gasteiger partial charge < -0.3 is 23.7 Å². The Kier molecular flexibility index (Phi) is 21.2. The van der Waals surface area contributed by atoms with E-state index in [0.717, 1.165) is 29.1 Å². The van der Waals surface area contributed by atoms with E-state index in [2.05, 4.69) is 20.0 Å². The molecule has 21 heteroatoms. The van der Waals surface area contributed by atoms with Crippen LogP contribution in [0.5, 0.6) is 23.0 Å². The lowest BCUT2D eigenvalue weighted by molar-refractivity contribution is -0.137. The van der Waals surface area contributed by atoms with Gasteiger partial charge in [0.15, 0.2) is 11.6 Å². The van der Waals surface area contributed by atoms with Crippen LogP contribution in [0.1, 0.15) is 70.2 Å². The second-order valence-electron chi connectivity index (χ2n) is 16.9. The Balaban J connectivity index is 0.000000271. The molecule has 4 aromatic carbocycles. The predicted octanol–water partition coefficient (Wildman–Crippen LogP) is 8.62. The lowest BCUT2D eigenvalue weighted by Gasteiger charge is -2.24. The summed E-state index contributed by atoms with van der Waals surface area (Å²) in [6.07, 6.45) is 3.42. The summed E-state index contributed by atoms with van der Waals surface area (Å²) in [7, 11) is -2.30. The Bertz CT molecular complexity index is 2840. The molecular formula is C51H62F2N6O11S2. The second kappa shape index (κ2) is 26.5. The molecule has 17 nitrogen and oxygen atoms in total. The molecule has 0 atom stereocenters. The molecule has 0 fully saturated rings. The van der Waals surface area contributed by atoms with Crippen molar-refractivity contribution in [1.29, 1.82) is 0 Å². The number of Topliss-reactive ketones (excluding diaryl/α,β-unsaturated/α-hetero) is 1. The zero-order valence-corrected chi connectivity index (χ0v) is 43.6. The molecule has 0 unspecified atom stereocenters. The van der Waals surface area contributed by atoms with Gasteiger partial charge in [-0.3, -0.25) is 14.6 Å². The van der Waals surface area contributed by atoms with Crippen LogP contribution in [0.3, 0.4) is 0 Å². The minimum Gasteiger partial charge on any atom is -0.497 e. The normalized spacial score (nSPS) is 11.4. The highest BCUT2D eigenvalue weighted by atomic mass is 32.2. The number of ketones is 1. The third kappa shape index (κ3) is 16.6. The first-order chi connectivity index (χ1) is 34.1. The van der Waals surface area contributed by atoms with E-state index in [-0.39, 0.29) is 44.4 Å². The summed E-state index contributed by atoms with van der Waals surface area (Å²) in [5.41, 5.74) is 2.93. The summed E-state index contributed by atoms with van der Waals surface area (Å²) in [6, 6.07) is 27.9. The number of sulfonamides is 2. The van der Waals surface area contributed by atoms with Crippen LogP contribution in [0.2, 0.25) is 0 Å². The number of allylic oxidation sites excluding steroid dienone is 1. The number of hydrogen-bond donors (Lipinski definition) is 1. The fourth-order valence-electron chi connectivity index (χ4n) is 6.81. The van der Waals surface area contributed by atoms with Gasteiger partial charge >= 0.3 is 5.97 Å². The molecule has 388 valence electrons. The maximum Gasteiger partial charge on any atom is 0.330 e. The molecule has 6 rings (SSSR count). The van der Waals surface area contributed by atoms with Crippen LogP contribution in [0.25, 0.3) is 0 Å². The van der Waals surface area contributed by atoms with Crippen molar-refractivity contribution in [2.24, 2.45) is 0 Å². The van der Waals surface area contributed by atoms with Crippen molar-refractivity contribution in [2.75, 3.05) is 35.0 Å². The van der Waals surface area contributed by atoms with Gasteiger partial charge in [-0.15, -0.1) is 0 Å². The first kappa shape index (κ1) is 57.6. The number of ether oxygens (including phenoxy) is 5. The van der Waals surface area contributed by atoms with Gasteiger partial charge in [-0.2, -0.15) is 18.8 Å². The average Bonchev–Trinajstić information content (AvgIpc) is 3.98. The van der Waals surface area contributed by atoms with Crippen LogP contribution in [-0.4, -0.2) is 92.2 Å². The summed E-state index contributed by atoms with van der Waals surface area (Å²) < 4.78 is 111. The van der Waals surface area contributed by atoms with E-state index in [1.807, 2.05) is 13.8 Å². The largest absolute Gasteiger partial charge is 0.497 e. The van der Waals surface area contributed by atoms with Gasteiger partial charge in [-0.1, -0.05) is 54.1 Å². The Morgan fingerprint density at radius 2 is 1.01 bits per heavy atom. The number of H-pyrrole nitrogens is 1. The van der Waals surface area contributed by atoms with Gasteiger partial charge in [0, 0.05) is 38.7 Å². The van der Waals surface area contributed by atoms with Gasteiger partial charge in [0.2, 0.25) is 10.1 Å².